The molecule has 5 aliphatic rings. The summed E-state index contributed by atoms with van der Waals surface area (Å²) in [4.78, 5) is 67.3. The normalized spacial score (nSPS) is 34.3. The van der Waals surface area contributed by atoms with Crippen LogP contribution in [0.3, 0.4) is 0 Å². The van der Waals surface area contributed by atoms with Crippen molar-refractivity contribution in [3.05, 3.63) is 36.0 Å². The molecule has 0 spiro atoms. The molecule has 424 valence electrons. The van der Waals surface area contributed by atoms with Crippen LogP contribution in [0.15, 0.2) is 30.3 Å². The Morgan fingerprint density at radius 3 is 2.17 bits per heavy atom. The molecule has 5 aliphatic heterocycles. The fraction of sp³-hybridized carbons (Fsp3) is 0.714. The van der Waals surface area contributed by atoms with Gasteiger partial charge in [0, 0.05) is 61.8 Å². The minimum Gasteiger partial charge on any atom is -0.485 e. The van der Waals surface area contributed by atoms with Crippen molar-refractivity contribution in [1.82, 2.24) is 26.3 Å². The van der Waals surface area contributed by atoms with Gasteiger partial charge in [0.05, 0.1) is 37.4 Å². The molecule has 0 saturated carbocycles. The number of carbonyl (C=O) groups excluding carboxylic acids is 5. The Balaban J connectivity index is 0.846. The SMILES string of the molecule is CC(=O)NC1[C@H](OCCCCC(=O)COc2cc(C(=O)CCCNC(=O)CCCC[C@@H]3SC[C@@H]4NC(=O)N[C@@H]43)nc3ccccc23)OC(CO)[C@@H](O[C@@H]2OC(CO)[C@H](O)[C@H](O[C@H]3OC(CO)[C@H](O)[C@H](O)C3O)C2O)[C@@H]1O. The molecular weight excluding hydrogens is 1030 g/mol. The number of carbonyl (C=O) groups is 5. The van der Waals surface area contributed by atoms with Gasteiger partial charge in [0.15, 0.2) is 30.4 Å². The predicted molar refractivity (Wildman–Crippen MR) is 263 cm³/mol. The molecule has 5 fully saturated rings. The Morgan fingerprint density at radius 2 is 1.43 bits per heavy atom. The number of para-hydroxylation sites is 1. The molecule has 1 aromatic heterocycles. The van der Waals surface area contributed by atoms with Crippen molar-refractivity contribution in [2.24, 2.45) is 0 Å². The van der Waals surface area contributed by atoms with Gasteiger partial charge >= 0.3 is 6.03 Å². The van der Waals surface area contributed by atoms with E-state index in [2.05, 4.69) is 26.3 Å². The molecule has 0 radical (unpaired) electrons. The largest absolute Gasteiger partial charge is 0.485 e. The van der Waals surface area contributed by atoms with Gasteiger partial charge in [-0.15, -0.1) is 0 Å². The number of thioether (sulfide) groups is 1. The molecule has 0 bridgehead atoms. The highest BCUT2D eigenvalue weighted by Crippen LogP contribution is 2.35. The van der Waals surface area contributed by atoms with Gasteiger partial charge in [0.2, 0.25) is 11.8 Å². The molecule has 27 heteroatoms. The number of urea groups is 1. The molecule has 7 rings (SSSR count). The van der Waals surface area contributed by atoms with Crippen molar-refractivity contribution in [3.8, 4) is 5.75 Å². The summed E-state index contributed by atoms with van der Waals surface area (Å²) in [7, 11) is 0. The highest BCUT2D eigenvalue weighted by Gasteiger charge is 2.54. The van der Waals surface area contributed by atoms with Gasteiger partial charge in [0.25, 0.3) is 0 Å². The zero-order chi connectivity index (χ0) is 54.6. The van der Waals surface area contributed by atoms with Crippen LogP contribution < -0.4 is 26.0 Å². The van der Waals surface area contributed by atoms with Gasteiger partial charge in [-0.3, -0.25) is 19.2 Å². The third-order valence-electron chi connectivity index (χ3n) is 13.9. The first-order valence-corrected chi connectivity index (χ1v) is 26.7. The lowest BCUT2D eigenvalue weighted by Crippen LogP contribution is -2.68. The Labute approximate surface area is 441 Å². The number of aliphatic hydroxyl groups excluding tert-OH is 9. The highest BCUT2D eigenvalue weighted by atomic mass is 32.2. The summed E-state index contributed by atoms with van der Waals surface area (Å²) in [6, 6.07) is 7.36. The monoisotopic (exact) mass is 1100 g/mol. The maximum Gasteiger partial charge on any atom is 0.315 e. The van der Waals surface area contributed by atoms with Gasteiger partial charge in [-0.25, -0.2) is 9.78 Å². The molecule has 6 heterocycles. The van der Waals surface area contributed by atoms with Gasteiger partial charge in [-0.1, -0.05) is 18.6 Å². The maximum absolute atomic E-state index is 13.3. The summed E-state index contributed by atoms with van der Waals surface area (Å²) in [5.74, 6) is -0.0514. The van der Waals surface area contributed by atoms with Crippen LogP contribution in [0.1, 0.15) is 75.2 Å². The van der Waals surface area contributed by atoms with E-state index in [1.165, 1.54) is 13.0 Å². The molecule has 26 nitrogen and oxygen atoms in total. The second-order valence-electron chi connectivity index (χ2n) is 19.5. The first kappa shape index (κ1) is 59.4. The second kappa shape index (κ2) is 28.0. The number of ketones is 2. The third kappa shape index (κ3) is 14.9. The Morgan fingerprint density at radius 1 is 0.750 bits per heavy atom. The lowest BCUT2D eigenvalue weighted by Gasteiger charge is -2.48. The topological polar surface area (TPSA) is 393 Å². The molecule has 76 heavy (non-hydrogen) atoms. The van der Waals surface area contributed by atoms with Crippen LogP contribution in [0.4, 0.5) is 4.79 Å². The number of unbranched alkanes of at least 4 members (excludes halogenated alkanes) is 2. The average molecular weight is 1100 g/mol. The van der Waals surface area contributed by atoms with Crippen LogP contribution in [0, 0.1) is 0 Å². The van der Waals surface area contributed by atoms with Crippen LogP contribution in [-0.4, -0.2) is 235 Å². The lowest BCUT2D eigenvalue weighted by atomic mass is 9.95. The van der Waals surface area contributed by atoms with Crippen molar-refractivity contribution >= 4 is 52.1 Å². The van der Waals surface area contributed by atoms with Crippen LogP contribution in [-0.2, 0) is 42.8 Å². The summed E-state index contributed by atoms with van der Waals surface area (Å²) in [6.45, 7) is -1.34. The van der Waals surface area contributed by atoms with Gasteiger partial charge < -0.3 is 100 Å². The quantitative estimate of drug-likeness (QED) is 0.0238. The average Bonchev–Trinajstić information content (AvgIpc) is 3.98. The van der Waals surface area contributed by atoms with Crippen molar-refractivity contribution < 1.29 is 103 Å². The first-order chi connectivity index (χ1) is 36.5. The minimum atomic E-state index is -1.98. The molecule has 1 aromatic carbocycles. The number of amides is 4. The van der Waals surface area contributed by atoms with E-state index in [4.69, 9.17) is 33.2 Å². The fourth-order valence-corrected chi connectivity index (χ4v) is 11.4. The summed E-state index contributed by atoms with van der Waals surface area (Å²) in [5, 5.41) is 107. The molecule has 2 aromatic rings. The van der Waals surface area contributed by atoms with Crippen LogP contribution in [0.2, 0.25) is 0 Å². The van der Waals surface area contributed by atoms with E-state index in [1.807, 2.05) is 11.8 Å². The van der Waals surface area contributed by atoms with Crippen molar-refractivity contribution in [1.29, 1.82) is 0 Å². The summed E-state index contributed by atoms with van der Waals surface area (Å²) < 4.78 is 40.3. The molecule has 0 aliphatic carbocycles. The number of ether oxygens (including phenoxy) is 7. The molecule has 4 amide bonds. The molecule has 6 unspecified atom stereocenters. The zero-order valence-corrected chi connectivity index (χ0v) is 42.7. The number of fused-ring (bicyclic) bond motifs is 2. The van der Waals surface area contributed by atoms with E-state index in [-0.39, 0.29) is 67.3 Å². The molecular formula is C49H71N5O21S. The van der Waals surface area contributed by atoms with Crippen LogP contribution in [0.5, 0.6) is 5.75 Å². The van der Waals surface area contributed by atoms with Gasteiger partial charge in [-0.05, 0) is 44.2 Å². The molecule has 13 N–H and O–H groups in total. The standard InChI is InChI=1S/C49H71N5O21S/c1-23(58)51-37-40(64)44(74-48-43(67)45(39(63)32(19-56)72-48)75-47-42(66)41(65)38(62)31(18-55)71-47)33(20-57)73-46(37)69-16-7-6-9-24(59)21-70-30-17-27(52-26-11-3-2-10-25(26)30)29(60)12-8-15-50-35(61)14-5-4-13-34-36-28(22-76-34)53-49(68)54-36/h2-3,10-11,17,28,31-34,36-48,55-57,62-67H,4-9,12-16,18-22H2,1H3,(H,50,61)(H,51,58)(H2,53,54,68)/t28-,31?,32?,33?,34-,36-,37?,38-,39-,40+,41-,42?,43?,44+,45-,46+,47+,48-/m0/s1. The number of hydrogen-bond acceptors (Lipinski definition) is 23. The Bertz CT molecular complexity index is 2270. The number of aromatic nitrogens is 1. The zero-order valence-electron chi connectivity index (χ0n) is 41.9. The van der Waals surface area contributed by atoms with Gasteiger partial charge in [-0.2, -0.15) is 11.8 Å². The summed E-state index contributed by atoms with van der Waals surface area (Å²) in [6.07, 6.45) is -19.7. The summed E-state index contributed by atoms with van der Waals surface area (Å²) in [5.41, 5.74) is 0.652. The maximum atomic E-state index is 13.3. The number of pyridine rings is 1. The van der Waals surface area contributed by atoms with E-state index in [0.717, 1.165) is 25.0 Å². The predicted octanol–water partition coefficient (Wildman–Crippen LogP) is -3.23. The number of hydrogen-bond donors (Lipinski definition) is 13. The van der Waals surface area contributed by atoms with E-state index in [0.29, 0.717) is 54.1 Å². The van der Waals surface area contributed by atoms with E-state index < -0.39 is 118 Å². The number of nitrogens with one attached hydrogen (secondary N) is 4. The fourth-order valence-electron chi connectivity index (χ4n) is 9.81. The Kier molecular flexibility index (Phi) is 21.9. The number of benzene rings is 1. The van der Waals surface area contributed by atoms with Crippen molar-refractivity contribution in [2.45, 2.75) is 174 Å². The second-order valence-corrected chi connectivity index (χ2v) is 20.7. The highest BCUT2D eigenvalue weighted by molar-refractivity contribution is 8.00. The van der Waals surface area contributed by atoms with Crippen LogP contribution >= 0.6 is 11.8 Å². The smallest absolute Gasteiger partial charge is 0.315 e. The minimum absolute atomic E-state index is 0.0472. The van der Waals surface area contributed by atoms with Crippen molar-refractivity contribution in [2.75, 3.05) is 45.3 Å². The van der Waals surface area contributed by atoms with Crippen molar-refractivity contribution in [3.63, 3.8) is 0 Å². The number of rotatable bonds is 27. The molecule has 18 atom stereocenters. The Hall–Kier alpha value is -4.27. The lowest BCUT2D eigenvalue weighted by molar-refractivity contribution is -0.376. The number of nitrogens with zero attached hydrogens (tertiary/aromatic N) is 1. The van der Waals surface area contributed by atoms with E-state index in [9.17, 15) is 69.9 Å². The molecule has 5 saturated heterocycles. The van der Waals surface area contributed by atoms with Crippen LogP contribution in [0.25, 0.3) is 10.9 Å². The third-order valence-corrected chi connectivity index (χ3v) is 15.5. The van der Waals surface area contributed by atoms with E-state index >= 15 is 0 Å². The van der Waals surface area contributed by atoms with E-state index in [1.54, 1.807) is 24.3 Å². The first-order valence-electron chi connectivity index (χ1n) is 25.6. The number of aliphatic hydroxyl groups is 9. The summed E-state index contributed by atoms with van der Waals surface area (Å²) >= 11 is 1.84. The van der Waals surface area contributed by atoms with Gasteiger partial charge in [0.1, 0.15) is 91.2 Å². The number of Topliss-reactive ketones (excluding diaryl/α,β-unsaturated/α-hetero) is 2.